The lowest BCUT2D eigenvalue weighted by Gasteiger charge is -2.24. The highest BCUT2D eigenvalue weighted by atomic mass is 16.6. The Morgan fingerprint density at radius 1 is 1.08 bits per heavy atom. The van der Waals surface area contributed by atoms with E-state index < -0.39 is 0 Å². The molecule has 0 radical (unpaired) electrons. The van der Waals surface area contributed by atoms with Crippen LogP contribution in [0.1, 0.15) is 35.8 Å². The lowest BCUT2D eigenvalue weighted by atomic mass is 9.89. The summed E-state index contributed by atoms with van der Waals surface area (Å²) in [6.07, 6.45) is 3.11. The van der Waals surface area contributed by atoms with E-state index in [0.717, 1.165) is 41.6 Å². The number of benzene rings is 2. The highest BCUT2D eigenvalue weighted by Crippen LogP contribution is 2.33. The molecule has 1 heterocycles. The fourth-order valence-corrected chi connectivity index (χ4v) is 3.32. The fourth-order valence-electron chi connectivity index (χ4n) is 3.32. The van der Waals surface area contributed by atoms with Crippen LogP contribution in [-0.4, -0.2) is 4.98 Å². The van der Waals surface area contributed by atoms with Crippen molar-refractivity contribution in [2.45, 2.75) is 32.0 Å². The van der Waals surface area contributed by atoms with E-state index in [1.165, 1.54) is 11.1 Å². The smallest absolute Gasteiger partial charge is 0.130 e. The van der Waals surface area contributed by atoms with Gasteiger partial charge in [-0.1, -0.05) is 30.3 Å². The Hall–Kier alpha value is -2.43. The van der Waals surface area contributed by atoms with Crippen molar-refractivity contribution in [1.29, 1.82) is 0 Å². The molecule has 4 nitrogen and oxygen atoms in total. The number of para-hydroxylation sites is 1. The zero-order valence-corrected chi connectivity index (χ0v) is 13.4. The van der Waals surface area contributed by atoms with Gasteiger partial charge < -0.3 is 4.74 Å². The molecular weight excluding hydrogens is 300 g/mol. The standard InChI is InChI=1S/C20H20N2O2/c21-24-20-7-3-5-15-12-17(10-11-18(15)20)23-13-16-9-8-14-4-1-2-6-19(14)22-16/h1-2,4,6,8-12,20H,3,5,7,13,21H2. The topological polar surface area (TPSA) is 57.4 Å². The van der Waals surface area contributed by atoms with E-state index in [0.29, 0.717) is 6.61 Å². The Labute approximate surface area is 141 Å². The van der Waals surface area contributed by atoms with E-state index in [9.17, 15) is 0 Å². The number of hydrogen-bond donors (Lipinski definition) is 1. The first-order valence-corrected chi connectivity index (χ1v) is 8.29. The SMILES string of the molecule is NOC1CCCc2cc(OCc3ccc4ccccc4n3)ccc21. The van der Waals surface area contributed by atoms with Crippen molar-refractivity contribution in [2.75, 3.05) is 0 Å². The second kappa shape index (κ2) is 6.59. The molecule has 1 aromatic heterocycles. The number of aryl methyl sites for hydroxylation is 1. The average Bonchev–Trinajstić information content (AvgIpc) is 2.65. The molecule has 4 rings (SSSR count). The molecule has 4 heteroatoms. The van der Waals surface area contributed by atoms with Gasteiger partial charge in [-0.3, -0.25) is 4.84 Å². The molecule has 24 heavy (non-hydrogen) atoms. The first-order chi connectivity index (χ1) is 11.8. The van der Waals surface area contributed by atoms with Crippen LogP contribution >= 0.6 is 0 Å². The van der Waals surface area contributed by atoms with Gasteiger partial charge in [0.15, 0.2) is 0 Å². The molecular formula is C20H20N2O2. The van der Waals surface area contributed by atoms with Crippen LogP contribution in [0.3, 0.4) is 0 Å². The van der Waals surface area contributed by atoms with E-state index in [-0.39, 0.29) is 6.10 Å². The van der Waals surface area contributed by atoms with Crippen LogP contribution in [0.15, 0.2) is 54.6 Å². The first-order valence-electron chi connectivity index (χ1n) is 8.29. The molecule has 2 aromatic carbocycles. The van der Waals surface area contributed by atoms with Gasteiger partial charge in [0.2, 0.25) is 0 Å². The summed E-state index contributed by atoms with van der Waals surface area (Å²) >= 11 is 0. The number of ether oxygens (including phenoxy) is 1. The normalized spacial score (nSPS) is 16.8. The summed E-state index contributed by atoms with van der Waals surface area (Å²) in [6, 6.07) is 18.3. The predicted molar refractivity (Wildman–Crippen MR) is 93.5 cm³/mol. The lowest BCUT2D eigenvalue weighted by Crippen LogP contribution is -2.16. The van der Waals surface area contributed by atoms with Crippen LogP contribution < -0.4 is 10.6 Å². The molecule has 2 N–H and O–H groups in total. The summed E-state index contributed by atoms with van der Waals surface area (Å²) in [7, 11) is 0. The minimum Gasteiger partial charge on any atom is -0.487 e. The molecule has 0 saturated heterocycles. The van der Waals surface area contributed by atoms with Crippen molar-refractivity contribution < 1.29 is 9.57 Å². The molecule has 1 unspecified atom stereocenters. The Morgan fingerprint density at radius 3 is 2.92 bits per heavy atom. The van der Waals surface area contributed by atoms with E-state index in [4.69, 9.17) is 15.5 Å². The van der Waals surface area contributed by atoms with E-state index in [1.807, 2.05) is 30.3 Å². The number of hydrogen-bond acceptors (Lipinski definition) is 4. The summed E-state index contributed by atoms with van der Waals surface area (Å²) in [6.45, 7) is 0.459. The van der Waals surface area contributed by atoms with Crippen LogP contribution in [0.5, 0.6) is 5.75 Å². The first kappa shape index (κ1) is 15.1. The molecule has 0 amide bonds. The minimum absolute atomic E-state index is 0.00459. The largest absolute Gasteiger partial charge is 0.487 e. The quantitative estimate of drug-likeness (QED) is 0.736. The number of fused-ring (bicyclic) bond motifs is 2. The maximum atomic E-state index is 5.94. The Morgan fingerprint density at radius 2 is 2.00 bits per heavy atom. The van der Waals surface area contributed by atoms with Gasteiger partial charge in [0, 0.05) is 5.39 Å². The van der Waals surface area contributed by atoms with Crippen LogP contribution in [-0.2, 0) is 17.9 Å². The number of pyridine rings is 1. The summed E-state index contributed by atoms with van der Waals surface area (Å²) < 4.78 is 5.94. The van der Waals surface area contributed by atoms with Gasteiger partial charge in [0.1, 0.15) is 18.5 Å². The highest BCUT2D eigenvalue weighted by Gasteiger charge is 2.20. The predicted octanol–water partition coefficient (Wildman–Crippen LogP) is 4.08. The third-order valence-electron chi connectivity index (χ3n) is 4.58. The molecule has 122 valence electrons. The van der Waals surface area contributed by atoms with Crippen molar-refractivity contribution in [3.63, 3.8) is 0 Å². The minimum atomic E-state index is 0.00459. The maximum absolute atomic E-state index is 5.94. The molecule has 1 atom stereocenters. The second-order valence-corrected chi connectivity index (χ2v) is 6.16. The fraction of sp³-hybridized carbons (Fsp3) is 0.250. The summed E-state index contributed by atoms with van der Waals surface area (Å²) in [5, 5.41) is 1.14. The third kappa shape index (κ3) is 2.98. The van der Waals surface area contributed by atoms with E-state index in [2.05, 4.69) is 29.2 Å². The molecule has 1 aliphatic carbocycles. The number of nitrogens with two attached hydrogens (primary N) is 1. The molecule has 1 aliphatic rings. The molecule has 0 spiro atoms. The van der Waals surface area contributed by atoms with E-state index in [1.54, 1.807) is 0 Å². The van der Waals surface area contributed by atoms with Crippen molar-refractivity contribution in [3.8, 4) is 5.75 Å². The van der Waals surface area contributed by atoms with Gasteiger partial charge in [0.25, 0.3) is 0 Å². The average molecular weight is 320 g/mol. The molecule has 0 aliphatic heterocycles. The zero-order valence-electron chi connectivity index (χ0n) is 13.4. The summed E-state index contributed by atoms with van der Waals surface area (Å²) in [4.78, 5) is 9.72. The number of aromatic nitrogens is 1. The number of rotatable bonds is 4. The number of nitrogens with zero attached hydrogens (tertiary/aromatic N) is 1. The Balaban J connectivity index is 1.51. The van der Waals surface area contributed by atoms with Gasteiger partial charge in [-0.15, -0.1) is 0 Å². The van der Waals surface area contributed by atoms with Crippen molar-refractivity contribution >= 4 is 10.9 Å². The van der Waals surface area contributed by atoms with Gasteiger partial charge in [-0.2, -0.15) is 0 Å². The van der Waals surface area contributed by atoms with Gasteiger partial charge in [-0.05, 0) is 54.7 Å². The van der Waals surface area contributed by atoms with Crippen LogP contribution in [0, 0.1) is 0 Å². The lowest BCUT2D eigenvalue weighted by molar-refractivity contribution is 0.0404. The van der Waals surface area contributed by atoms with Gasteiger partial charge in [-0.25, -0.2) is 10.9 Å². The summed E-state index contributed by atoms with van der Waals surface area (Å²) in [5.74, 6) is 6.26. The Kier molecular flexibility index (Phi) is 4.15. The monoisotopic (exact) mass is 320 g/mol. The van der Waals surface area contributed by atoms with E-state index >= 15 is 0 Å². The van der Waals surface area contributed by atoms with Crippen molar-refractivity contribution in [2.24, 2.45) is 5.90 Å². The molecule has 0 bridgehead atoms. The van der Waals surface area contributed by atoms with Gasteiger partial charge >= 0.3 is 0 Å². The van der Waals surface area contributed by atoms with Crippen LogP contribution in [0.4, 0.5) is 0 Å². The molecule has 0 fully saturated rings. The maximum Gasteiger partial charge on any atom is 0.130 e. The van der Waals surface area contributed by atoms with Crippen molar-refractivity contribution in [3.05, 3.63) is 71.4 Å². The second-order valence-electron chi connectivity index (χ2n) is 6.16. The molecule has 3 aromatic rings. The summed E-state index contributed by atoms with van der Waals surface area (Å²) in [5.41, 5.74) is 4.36. The van der Waals surface area contributed by atoms with Gasteiger partial charge in [0.05, 0.1) is 11.2 Å². The van der Waals surface area contributed by atoms with Crippen molar-refractivity contribution in [1.82, 2.24) is 4.98 Å². The van der Waals surface area contributed by atoms with Crippen LogP contribution in [0.25, 0.3) is 10.9 Å². The van der Waals surface area contributed by atoms with Crippen LogP contribution in [0.2, 0.25) is 0 Å². The highest BCUT2D eigenvalue weighted by molar-refractivity contribution is 5.78. The zero-order chi connectivity index (χ0) is 16.4. The Bertz CT molecular complexity index is 863. The third-order valence-corrected chi connectivity index (χ3v) is 4.58. The molecule has 0 saturated carbocycles.